The summed E-state index contributed by atoms with van der Waals surface area (Å²) in [6, 6.07) is 8.25. The van der Waals surface area contributed by atoms with Gasteiger partial charge in [-0.15, -0.1) is 0 Å². The Balaban J connectivity index is 0.000000290. The fourth-order valence-electron chi connectivity index (χ4n) is 6.28. The molecular weight excluding hydrogens is 610 g/mol. The van der Waals surface area contributed by atoms with E-state index in [4.69, 9.17) is 35.4 Å². The number of aldehydes is 1. The van der Waals surface area contributed by atoms with Gasteiger partial charge in [0.05, 0.1) is 23.3 Å². The third-order valence-corrected chi connectivity index (χ3v) is 9.07. The Hall–Kier alpha value is -2.75. The molecule has 5 rings (SSSR count). The van der Waals surface area contributed by atoms with Crippen LogP contribution in [0.25, 0.3) is 0 Å². The molecule has 3 aliphatic carbocycles. The van der Waals surface area contributed by atoms with Crippen LogP contribution in [-0.2, 0) is 19.7 Å². The van der Waals surface area contributed by atoms with E-state index in [0.29, 0.717) is 24.5 Å². The van der Waals surface area contributed by atoms with Gasteiger partial charge in [0.1, 0.15) is 23.6 Å². The monoisotopic (exact) mass is 654 g/mol. The Morgan fingerprint density at radius 3 is 2.34 bits per heavy atom. The standard InChI is InChI=1S/C17H21ClFNO3.C13H19O4P.C2H5N/c1-22-15-9-16(4-6-17(15,7-5-16)20-11-21)10-23-12-2-3-13(18)14(19)8-12;1-9-7-10(2)12(13(3,4)5-6-14)11(8-9)17-18(15)16;1-2-3/h2-3,8,11,15H,4-7,9-10H2,1H3,(H,20,21);6-8,15-16H,5H2,1-4H3;2H,1,3H2. The normalized spacial score (nSPS) is 22.1. The second-order valence-electron chi connectivity index (χ2n) is 12.0. The van der Waals surface area contributed by atoms with Gasteiger partial charge in [-0.25, -0.2) is 4.39 Å². The van der Waals surface area contributed by atoms with Crippen molar-refractivity contribution in [1.82, 2.24) is 5.32 Å². The van der Waals surface area contributed by atoms with Gasteiger partial charge in [0.25, 0.3) is 0 Å². The molecule has 2 aromatic carbocycles. The number of hydrogen-bond donors (Lipinski definition) is 4. The lowest BCUT2D eigenvalue weighted by atomic mass is 9.56. The van der Waals surface area contributed by atoms with Crippen LogP contribution in [-0.4, -0.2) is 47.8 Å². The maximum atomic E-state index is 13.5. The second-order valence-corrected chi connectivity index (χ2v) is 13.1. The number of aryl methyl sites for hydroxylation is 2. The zero-order chi connectivity index (χ0) is 33.1. The van der Waals surface area contributed by atoms with E-state index in [1.54, 1.807) is 19.2 Å². The van der Waals surface area contributed by atoms with Crippen molar-refractivity contribution in [3.63, 3.8) is 0 Å². The number of hydrogen-bond acceptors (Lipinski definition) is 8. The first-order valence-corrected chi connectivity index (χ1v) is 15.8. The summed E-state index contributed by atoms with van der Waals surface area (Å²) in [6.07, 6.45) is 7.74. The number of halogens is 2. The van der Waals surface area contributed by atoms with Gasteiger partial charge in [0.2, 0.25) is 6.41 Å². The maximum absolute atomic E-state index is 13.5. The molecule has 3 aliphatic rings. The van der Waals surface area contributed by atoms with Crippen molar-refractivity contribution < 1.29 is 37.8 Å². The number of amides is 1. The zero-order valence-electron chi connectivity index (χ0n) is 26.1. The Morgan fingerprint density at radius 1 is 1.18 bits per heavy atom. The number of carbonyl (C=O) groups is 2. The van der Waals surface area contributed by atoms with Gasteiger partial charge in [-0.1, -0.05) is 38.1 Å². The number of carbonyl (C=O) groups excluding carboxylic acids is 2. The second kappa shape index (κ2) is 16.5. The van der Waals surface area contributed by atoms with Gasteiger partial charge in [0, 0.05) is 36.0 Å². The predicted molar refractivity (Wildman–Crippen MR) is 171 cm³/mol. The number of methoxy groups -OCH3 is 1. The van der Waals surface area contributed by atoms with E-state index in [9.17, 15) is 14.0 Å². The lowest BCUT2D eigenvalue weighted by molar-refractivity contribution is -0.130. The average Bonchev–Trinajstić information content (AvgIpc) is 2.94. The van der Waals surface area contributed by atoms with Crippen molar-refractivity contribution in [1.29, 1.82) is 0 Å². The third kappa shape index (κ3) is 9.62. The van der Waals surface area contributed by atoms with Crippen molar-refractivity contribution in [2.24, 2.45) is 11.1 Å². The highest BCUT2D eigenvalue weighted by Gasteiger charge is 2.55. The molecule has 2 bridgehead atoms. The number of ether oxygens (including phenoxy) is 2. The SMILES string of the molecule is C=CN.COC1CC2(COc3ccc(Cl)c(F)c3)CCC1(NC=O)CC2.Cc1cc(C)c(C(C)(C)CC=O)c(OP(O)O)c1. The molecule has 0 aliphatic heterocycles. The molecule has 1 amide bonds. The summed E-state index contributed by atoms with van der Waals surface area (Å²) in [6.45, 7) is 11.4. The van der Waals surface area contributed by atoms with Crippen LogP contribution >= 0.6 is 20.2 Å². The molecule has 0 saturated heterocycles. The van der Waals surface area contributed by atoms with Crippen LogP contribution < -0.4 is 20.3 Å². The van der Waals surface area contributed by atoms with E-state index in [1.807, 2.05) is 33.8 Å². The molecule has 244 valence electrons. The van der Waals surface area contributed by atoms with E-state index in [2.05, 4.69) is 17.6 Å². The Bertz CT molecular complexity index is 1270. The molecule has 0 heterocycles. The molecule has 0 aromatic heterocycles. The third-order valence-electron chi connectivity index (χ3n) is 8.40. The zero-order valence-corrected chi connectivity index (χ0v) is 27.7. The van der Waals surface area contributed by atoms with Crippen LogP contribution in [0.1, 0.15) is 69.1 Å². The number of benzene rings is 2. The molecule has 1 atom stereocenters. The predicted octanol–water partition coefficient (Wildman–Crippen LogP) is 6.17. The summed E-state index contributed by atoms with van der Waals surface area (Å²) in [4.78, 5) is 39.8. The van der Waals surface area contributed by atoms with E-state index in [1.165, 1.54) is 18.3 Å². The Labute approximate surface area is 265 Å². The number of fused-ring (bicyclic) bond motifs is 3. The molecule has 3 saturated carbocycles. The highest BCUT2D eigenvalue weighted by Crippen LogP contribution is 2.53. The minimum absolute atomic E-state index is 0.0132. The number of rotatable bonds is 11. The van der Waals surface area contributed by atoms with Crippen molar-refractivity contribution in [2.45, 2.75) is 83.3 Å². The first-order chi connectivity index (χ1) is 20.7. The summed E-state index contributed by atoms with van der Waals surface area (Å²) >= 11 is 5.69. The van der Waals surface area contributed by atoms with E-state index >= 15 is 0 Å². The summed E-state index contributed by atoms with van der Waals surface area (Å²) in [5.41, 5.74) is 6.78. The summed E-state index contributed by atoms with van der Waals surface area (Å²) < 4.78 is 30.1. The maximum Gasteiger partial charge on any atom is 0.391 e. The van der Waals surface area contributed by atoms with Crippen molar-refractivity contribution in [3.8, 4) is 11.5 Å². The Kier molecular flexibility index (Phi) is 14.1. The molecular formula is C32H45ClFN2O7P. The highest BCUT2D eigenvalue weighted by atomic mass is 35.5. The van der Waals surface area contributed by atoms with Crippen LogP contribution in [0.4, 0.5) is 4.39 Å². The molecule has 44 heavy (non-hydrogen) atoms. The molecule has 2 aromatic rings. The number of nitrogens with one attached hydrogen (secondary N) is 1. The van der Waals surface area contributed by atoms with E-state index < -0.39 is 19.8 Å². The van der Waals surface area contributed by atoms with Crippen LogP contribution in [0.2, 0.25) is 5.02 Å². The quantitative estimate of drug-likeness (QED) is 0.167. The van der Waals surface area contributed by atoms with Gasteiger partial charge >= 0.3 is 8.60 Å². The summed E-state index contributed by atoms with van der Waals surface area (Å²) in [5, 5.41) is 3.07. The first kappa shape index (κ1) is 37.4. The van der Waals surface area contributed by atoms with Gasteiger partial charge in [0.15, 0.2) is 0 Å². The smallest absolute Gasteiger partial charge is 0.391 e. The topological polar surface area (TPSA) is 140 Å². The van der Waals surface area contributed by atoms with Crippen molar-refractivity contribution in [2.75, 3.05) is 13.7 Å². The molecule has 5 N–H and O–H groups in total. The van der Waals surface area contributed by atoms with E-state index in [-0.39, 0.29) is 22.1 Å². The summed E-state index contributed by atoms with van der Waals surface area (Å²) in [7, 11) is -0.779. The fourth-order valence-corrected chi connectivity index (χ4v) is 6.71. The fraction of sp³-hybridized carbons (Fsp3) is 0.500. The summed E-state index contributed by atoms with van der Waals surface area (Å²) in [5.74, 6) is 0.456. The average molecular weight is 655 g/mol. The van der Waals surface area contributed by atoms with Crippen LogP contribution in [0, 0.1) is 25.1 Å². The van der Waals surface area contributed by atoms with Crippen molar-refractivity contribution >= 4 is 32.9 Å². The van der Waals surface area contributed by atoms with Crippen molar-refractivity contribution in [3.05, 3.63) is 70.6 Å². The molecule has 1 unspecified atom stereocenters. The minimum atomic E-state index is -2.46. The molecule has 3 fully saturated rings. The van der Waals surface area contributed by atoms with Gasteiger partial charge in [-0.2, -0.15) is 0 Å². The lowest BCUT2D eigenvalue weighted by Crippen LogP contribution is -2.64. The molecule has 0 radical (unpaired) electrons. The van der Waals surface area contributed by atoms with Crippen LogP contribution in [0.15, 0.2) is 43.1 Å². The molecule has 12 heteroatoms. The van der Waals surface area contributed by atoms with E-state index in [0.717, 1.165) is 61.5 Å². The highest BCUT2D eigenvalue weighted by molar-refractivity contribution is 7.39. The largest absolute Gasteiger partial charge is 0.493 e. The lowest BCUT2D eigenvalue weighted by Gasteiger charge is -2.56. The van der Waals surface area contributed by atoms with Gasteiger partial charge in [-0.3, -0.25) is 4.79 Å². The van der Waals surface area contributed by atoms with Crippen LogP contribution in [0.3, 0.4) is 0 Å². The molecule has 9 nitrogen and oxygen atoms in total. The molecule has 0 spiro atoms. The Morgan fingerprint density at radius 2 is 1.82 bits per heavy atom. The van der Waals surface area contributed by atoms with Gasteiger partial charge < -0.3 is 39.6 Å². The van der Waals surface area contributed by atoms with Crippen LogP contribution in [0.5, 0.6) is 11.5 Å². The van der Waals surface area contributed by atoms with Gasteiger partial charge in [-0.05, 0) is 81.5 Å². The minimum Gasteiger partial charge on any atom is -0.493 e. The number of nitrogens with two attached hydrogens (primary N) is 1. The first-order valence-electron chi connectivity index (χ1n) is 14.3.